The van der Waals surface area contributed by atoms with Crippen molar-refractivity contribution >= 4 is 17.5 Å². The molecule has 1 aromatic heterocycles. The fraction of sp³-hybridized carbons (Fsp3) is 0.615. The van der Waals surface area contributed by atoms with Crippen LogP contribution in [0, 0.1) is 0 Å². The van der Waals surface area contributed by atoms with E-state index in [-0.39, 0.29) is 28.6 Å². The lowest BCUT2D eigenvalue weighted by molar-refractivity contribution is 0.0595. The topological polar surface area (TPSA) is 55.3 Å². The summed E-state index contributed by atoms with van der Waals surface area (Å²) in [5.41, 5.74) is 0.242. The molecule has 1 rings (SSSR count). The van der Waals surface area contributed by atoms with Crippen LogP contribution in [0.4, 0.5) is 0 Å². The second kappa shape index (κ2) is 6.82. The van der Waals surface area contributed by atoms with Crippen molar-refractivity contribution in [2.45, 2.75) is 32.8 Å². The van der Waals surface area contributed by atoms with Gasteiger partial charge < -0.3 is 9.64 Å². The first-order valence-electron chi connectivity index (χ1n) is 6.17. The summed E-state index contributed by atoms with van der Waals surface area (Å²) >= 11 is 6.01. The van der Waals surface area contributed by atoms with Crippen molar-refractivity contribution in [1.29, 1.82) is 0 Å². The Labute approximate surface area is 118 Å². The summed E-state index contributed by atoms with van der Waals surface area (Å²) in [6, 6.07) is 0. The van der Waals surface area contributed by atoms with Crippen LogP contribution in [-0.4, -0.2) is 47.6 Å². The maximum Gasteiger partial charge on any atom is 0.273 e. The zero-order valence-electron chi connectivity index (χ0n) is 12.0. The number of hydrogen-bond acceptors (Lipinski definition) is 4. The van der Waals surface area contributed by atoms with Gasteiger partial charge in [0.2, 0.25) is 0 Å². The molecule has 0 fully saturated rings. The zero-order valence-corrected chi connectivity index (χ0v) is 12.7. The zero-order chi connectivity index (χ0) is 14.6. The minimum atomic E-state index is -0.224. The van der Waals surface area contributed by atoms with Crippen LogP contribution in [0.25, 0.3) is 0 Å². The van der Waals surface area contributed by atoms with Gasteiger partial charge >= 0.3 is 0 Å². The van der Waals surface area contributed by atoms with Gasteiger partial charge in [-0.2, -0.15) is 0 Å². The second-order valence-corrected chi connectivity index (χ2v) is 5.22. The lowest BCUT2D eigenvalue weighted by atomic mass is 10.2. The van der Waals surface area contributed by atoms with E-state index in [0.29, 0.717) is 12.4 Å². The summed E-state index contributed by atoms with van der Waals surface area (Å²) in [4.78, 5) is 22.2. The SMILES string of the molecule is COC(C)CN(C)C(=O)c1nc(C(C)C)ncc1Cl. The molecular weight excluding hydrogens is 266 g/mol. The molecule has 0 aliphatic carbocycles. The number of ether oxygens (including phenoxy) is 1. The van der Waals surface area contributed by atoms with Crippen LogP contribution in [0.1, 0.15) is 43.0 Å². The molecule has 0 aromatic carbocycles. The monoisotopic (exact) mass is 285 g/mol. The van der Waals surface area contributed by atoms with Crippen molar-refractivity contribution in [3.8, 4) is 0 Å². The van der Waals surface area contributed by atoms with E-state index >= 15 is 0 Å². The van der Waals surface area contributed by atoms with Gasteiger partial charge in [-0.15, -0.1) is 0 Å². The Morgan fingerprint density at radius 2 is 2.11 bits per heavy atom. The molecule has 1 amide bonds. The fourth-order valence-corrected chi connectivity index (χ4v) is 1.70. The summed E-state index contributed by atoms with van der Waals surface area (Å²) in [6.07, 6.45) is 1.43. The highest BCUT2D eigenvalue weighted by Gasteiger charge is 2.20. The Balaban J connectivity index is 2.95. The molecular formula is C13H20ClN3O2. The van der Waals surface area contributed by atoms with Crippen LogP contribution in [-0.2, 0) is 4.74 Å². The van der Waals surface area contributed by atoms with E-state index in [2.05, 4.69) is 9.97 Å². The van der Waals surface area contributed by atoms with Gasteiger partial charge in [-0.3, -0.25) is 4.79 Å². The minimum absolute atomic E-state index is 0.0425. The summed E-state index contributed by atoms with van der Waals surface area (Å²) < 4.78 is 5.14. The van der Waals surface area contributed by atoms with Gasteiger partial charge in [0, 0.05) is 26.6 Å². The molecule has 0 N–H and O–H groups in total. The molecule has 1 aromatic rings. The van der Waals surface area contributed by atoms with Crippen LogP contribution >= 0.6 is 11.6 Å². The van der Waals surface area contributed by atoms with Crippen LogP contribution in [0.2, 0.25) is 5.02 Å². The minimum Gasteiger partial charge on any atom is -0.380 e. The number of carbonyl (C=O) groups is 1. The molecule has 0 saturated carbocycles. The Morgan fingerprint density at radius 3 is 2.63 bits per heavy atom. The molecule has 1 heterocycles. The molecule has 1 unspecified atom stereocenters. The predicted molar refractivity (Wildman–Crippen MR) is 74.6 cm³/mol. The number of carbonyl (C=O) groups excluding carboxylic acids is 1. The van der Waals surface area contributed by atoms with E-state index in [0.717, 1.165) is 0 Å². The van der Waals surface area contributed by atoms with E-state index in [1.807, 2.05) is 20.8 Å². The van der Waals surface area contributed by atoms with E-state index in [1.165, 1.54) is 6.20 Å². The first-order valence-corrected chi connectivity index (χ1v) is 6.55. The molecule has 0 aliphatic rings. The van der Waals surface area contributed by atoms with Crippen molar-refractivity contribution in [3.05, 3.63) is 22.7 Å². The Kier molecular flexibility index (Phi) is 5.69. The number of rotatable bonds is 5. The van der Waals surface area contributed by atoms with Crippen molar-refractivity contribution in [2.24, 2.45) is 0 Å². The number of aromatic nitrogens is 2. The third-order valence-electron chi connectivity index (χ3n) is 2.76. The van der Waals surface area contributed by atoms with Crippen LogP contribution < -0.4 is 0 Å². The van der Waals surface area contributed by atoms with Gasteiger partial charge in [-0.1, -0.05) is 25.4 Å². The van der Waals surface area contributed by atoms with E-state index < -0.39 is 0 Å². The van der Waals surface area contributed by atoms with Gasteiger partial charge in [0.15, 0.2) is 5.69 Å². The molecule has 1 atom stereocenters. The maximum atomic E-state index is 12.3. The number of methoxy groups -OCH3 is 1. The summed E-state index contributed by atoms with van der Waals surface area (Å²) in [6.45, 7) is 6.31. The quantitative estimate of drug-likeness (QED) is 0.833. The van der Waals surface area contributed by atoms with Gasteiger partial charge in [-0.05, 0) is 6.92 Å². The van der Waals surface area contributed by atoms with E-state index in [9.17, 15) is 4.79 Å². The van der Waals surface area contributed by atoms with Crippen LogP contribution in [0.3, 0.4) is 0 Å². The van der Waals surface area contributed by atoms with Gasteiger partial charge in [-0.25, -0.2) is 9.97 Å². The molecule has 0 aliphatic heterocycles. The summed E-state index contributed by atoms with van der Waals surface area (Å²) in [5.74, 6) is 0.533. The lowest BCUT2D eigenvalue weighted by Gasteiger charge is -2.21. The number of hydrogen-bond donors (Lipinski definition) is 0. The van der Waals surface area contributed by atoms with Crippen LogP contribution in [0.15, 0.2) is 6.20 Å². The summed E-state index contributed by atoms with van der Waals surface area (Å²) in [7, 11) is 3.31. The second-order valence-electron chi connectivity index (χ2n) is 4.81. The van der Waals surface area contributed by atoms with E-state index in [4.69, 9.17) is 16.3 Å². The smallest absolute Gasteiger partial charge is 0.273 e. The van der Waals surface area contributed by atoms with Crippen molar-refractivity contribution in [2.75, 3.05) is 20.7 Å². The number of amides is 1. The van der Waals surface area contributed by atoms with E-state index in [1.54, 1.807) is 19.1 Å². The molecule has 19 heavy (non-hydrogen) atoms. The average Bonchev–Trinajstić information content (AvgIpc) is 2.37. The Bertz CT molecular complexity index is 452. The summed E-state index contributed by atoms with van der Waals surface area (Å²) in [5, 5.41) is 0.270. The molecule has 0 radical (unpaired) electrons. The first kappa shape index (κ1) is 15.9. The van der Waals surface area contributed by atoms with Crippen molar-refractivity contribution in [1.82, 2.24) is 14.9 Å². The van der Waals surface area contributed by atoms with Crippen LogP contribution in [0.5, 0.6) is 0 Å². The average molecular weight is 286 g/mol. The third-order valence-corrected chi connectivity index (χ3v) is 3.04. The molecule has 0 bridgehead atoms. The largest absolute Gasteiger partial charge is 0.380 e. The van der Waals surface area contributed by atoms with Gasteiger partial charge in [0.25, 0.3) is 5.91 Å². The molecule has 0 spiro atoms. The maximum absolute atomic E-state index is 12.3. The predicted octanol–water partition coefficient (Wildman–Crippen LogP) is 2.36. The molecule has 6 heteroatoms. The first-order chi connectivity index (χ1) is 8.86. The lowest BCUT2D eigenvalue weighted by Crippen LogP contribution is -2.34. The molecule has 5 nitrogen and oxygen atoms in total. The number of nitrogens with zero attached hydrogens (tertiary/aromatic N) is 3. The Hall–Kier alpha value is -1.20. The number of likely N-dealkylation sites (N-methyl/N-ethyl adjacent to an activating group) is 1. The van der Waals surface area contributed by atoms with Gasteiger partial charge in [0.1, 0.15) is 5.82 Å². The standard InChI is InChI=1S/C13H20ClN3O2/c1-8(2)12-15-6-10(14)11(16-12)13(18)17(4)7-9(3)19-5/h6,8-9H,7H2,1-5H3. The molecule has 106 valence electrons. The fourth-order valence-electron chi connectivity index (χ4n) is 1.53. The highest BCUT2D eigenvalue weighted by molar-refractivity contribution is 6.33. The normalized spacial score (nSPS) is 12.6. The Morgan fingerprint density at radius 1 is 1.47 bits per heavy atom. The van der Waals surface area contributed by atoms with Crippen molar-refractivity contribution in [3.63, 3.8) is 0 Å². The highest BCUT2D eigenvalue weighted by atomic mass is 35.5. The third kappa shape index (κ3) is 4.14. The molecule has 0 saturated heterocycles. The van der Waals surface area contributed by atoms with Gasteiger partial charge in [0.05, 0.1) is 17.3 Å². The highest BCUT2D eigenvalue weighted by Crippen LogP contribution is 2.17. The van der Waals surface area contributed by atoms with Crippen molar-refractivity contribution < 1.29 is 9.53 Å². The number of halogens is 1.